The first-order valence-corrected chi connectivity index (χ1v) is 6.64. The number of Topliss-reactive ketones (excluding diaryl/α,β-unsaturated/α-hetero) is 1. The SMILES string of the molecule is CC(=O)Cc1ccc(-c2ccc(Cl)c3cccnc23)o1. The van der Waals surface area contributed by atoms with Gasteiger partial charge in [-0.1, -0.05) is 11.6 Å². The second-order valence-corrected chi connectivity index (χ2v) is 5.05. The van der Waals surface area contributed by atoms with Crippen LogP contribution in [0.5, 0.6) is 0 Å². The molecule has 0 aliphatic carbocycles. The van der Waals surface area contributed by atoms with Crippen LogP contribution in [0.1, 0.15) is 12.7 Å². The monoisotopic (exact) mass is 285 g/mol. The lowest BCUT2D eigenvalue weighted by molar-refractivity contribution is -0.116. The number of ketones is 1. The minimum atomic E-state index is 0.0741. The number of halogens is 1. The van der Waals surface area contributed by atoms with Gasteiger partial charge in [0.05, 0.1) is 17.0 Å². The second-order valence-electron chi connectivity index (χ2n) is 4.64. The van der Waals surface area contributed by atoms with Crippen molar-refractivity contribution in [1.82, 2.24) is 4.98 Å². The van der Waals surface area contributed by atoms with Crippen molar-refractivity contribution in [2.24, 2.45) is 0 Å². The number of hydrogen-bond acceptors (Lipinski definition) is 3. The number of hydrogen-bond donors (Lipinski definition) is 0. The maximum Gasteiger partial charge on any atom is 0.137 e. The largest absolute Gasteiger partial charge is 0.461 e. The third-order valence-electron chi connectivity index (χ3n) is 3.07. The first kappa shape index (κ1) is 12.9. The minimum absolute atomic E-state index is 0.0741. The fraction of sp³-hybridized carbons (Fsp3) is 0.125. The van der Waals surface area contributed by atoms with Crippen molar-refractivity contribution in [2.75, 3.05) is 0 Å². The minimum Gasteiger partial charge on any atom is -0.461 e. The Bertz CT molecular complexity index is 792. The summed E-state index contributed by atoms with van der Waals surface area (Å²) < 4.78 is 5.72. The summed E-state index contributed by atoms with van der Waals surface area (Å²) in [6.45, 7) is 1.54. The topological polar surface area (TPSA) is 43.1 Å². The fourth-order valence-corrected chi connectivity index (χ4v) is 2.42. The van der Waals surface area contributed by atoms with Crippen LogP contribution in [0.3, 0.4) is 0 Å². The molecule has 0 bridgehead atoms. The van der Waals surface area contributed by atoms with Crippen molar-refractivity contribution in [3.05, 3.63) is 53.4 Å². The molecule has 2 heterocycles. The van der Waals surface area contributed by atoms with E-state index in [1.165, 1.54) is 0 Å². The van der Waals surface area contributed by atoms with Gasteiger partial charge < -0.3 is 4.42 Å². The number of rotatable bonds is 3. The third-order valence-corrected chi connectivity index (χ3v) is 3.40. The van der Waals surface area contributed by atoms with E-state index in [2.05, 4.69) is 4.98 Å². The van der Waals surface area contributed by atoms with Crippen LogP contribution in [0, 0.1) is 0 Å². The lowest BCUT2D eigenvalue weighted by atomic mass is 10.1. The van der Waals surface area contributed by atoms with Crippen LogP contribution in [0.2, 0.25) is 5.02 Å². The molecule has 0 fully saturated rings. The van der Waals surface area contributed by atoms with E-state index in [-0.39, 0.29) is 5.78 Å². The second kappa shape index (κ2) is 5.10. The summed E-state index contributed by atoms with van der Waals surface area (Å²) in [7, 11) is 0. The normalized spacial score (nSPS) is 10.9. The zero-order chi connectivity index (χ0) is 14.1. The van der Waals surface area contributed by atoms with E-state index in [9.17, 15) is 4.79 Å². The molecule has 2 aromatic heterocycles. The predicted molar refractivity (Wildman–Crippen MR) is 78.8 cm³/mol. The quantitative estimate of drug-likeness (QED) is 0.721. The molecule has 0 saturated carbocycles. The first-order chi connectivity index (χ1) is 9.65. The number of nitrogens with zero attached hydrogens (tertiary/aromatic N) is 1. The molecule has 20 heavy (non-hydrogen) atoms. The Kier molecular flexibility index (Phi) is 3.28. The summed E-state index contributed by atoms with van der Waals surface area (Å²) in [5.41, 5.74) is 1.67. The van der Waals surface area contributed by atoms with E-state index in [1.807, 2.05) is 36.4 Å². The number of benzene rings is 1. The van der Waals surface area contributed by atoms with Crippen molar-refractivity contribution in [3.63, 3.8) is 0 Å². The number of carbonyl (C=O) groups is 1. The van der Waals surface area contributed by atoms with Crippen LogP contribution in [-0.2, 0) is 11.2 Å². The van der Waals surface area contributed by atoms with E-state index in [4.69, 9.17) is 16.0 Å². The number of pyridine rings is 1. The molecule has 1 aromatic carbocycles. The van der Waals surface area contributed by atoms with Crippen LogP contribution in [-0.4, -0.2) is 10.8 Å². The van der Waals surface area contributed by atoms with Crippen LogP contribution >= 0.6 is 11.6 Å². The molecule has 0 spiro atoms. The van der Waals surface area contributed by atoms with Gasteiger partial charge in [-0.2, -0.15) is 0 Å². The lowest BCUT2D eigenvalue weighted by Gasteiger charge is -2.04. The molecule has 0 saturated heterocycles. The van der Waals surface area contributed by atoms with Crippen molar-refractivity contribution in [3.8, 4) is 11.3 Å². The molecule has 0 amide bonds. The Labute approximate surface area is 121 Å². The maximum absolute atomic E-state index is 11.1. The Morgan fingerprint density at radius 1 is 1.25 bits per heavy atom. The third kappa shape index (κ3) is 2.32. The lowest BCUT2D eigenvalue weighted by Crippen LogP contribution is -1.93. The van der Waals surface area contributed by atoms with Gasteiger partial charge in [-0.25, -0.2) is 0 Å². The first-order valence-electron chi connectivity index (χ1n) is 6.27. The van der Waals surface area contributed by atoms with E-state index >= 15 is 0 Å². The standard InChI is InChI=1S/C16H12ClNO2/c1-10(19)9-11-4-7-15(20-11)13-5-6-14(17)12-3-2-8-18-16(12)13/h2-8H,9H2,1H3. The Balaban J connectivity index is 2.13. The highest BCUT2D eigenvalue weighted by atomic mass is 35.5. The van der Waals surface area contributed by atoms with Crippen LogP contribution in [0.25, 0.3) is 22.2 Å². The summed E-state index contributed by atoms with van der Waals surface area (Å²) in [6.07, 6.45) is 2.03. The van der Waals surface area contributed by atoms with Crippen molar-refractivity contribution < 1.29 is 9.21 Å². The number of aromatic nitrogens is 1. The van der Waals surface area contributed by atoms with Gasteiger partial charge in [-0.15, -0.1) is 0 Å². The van der Waals surface area contributed by atoms with Crippen molar-refractivity contribution in [1.29, 1.82) is 0 Å². The highest BCUT2D eigenvalue weighted by Gasteiger charge is 2.12. The molecule has 3 nitrogen and oxygen atoms in total. The fourth-order valence-electron chi connectivity index (χ4n) is 2.20. The summed E-state index contributed by atoms with van der Waals surface area (Å²) in [5.74, 6) is 1.43. The number of carbonyl (C=O) groups excluding carboxylic acids is 1. The van der Waals surface area contributed by atoms with Crippen LogP contribution < -0.4 is 0 Å². The highest BCUT2D eigenvalue weighted by molar-refractivity contribution is 6.35. The molecular formula is C16H12ClNO2. The molecule has 3 aromatic rings. The van der Waals surface area contributed by atoms with Crippen molar-refractivity contribution in [2.45, 2.75) is 13.3 Å². The number of fused-ring (bicyclic) bond motifs is 1. The molecule has 0 atom stereocenters. The van der Waals surface area contributed by atoms with Gasteiger partial charge in [0.15, 0.2) is 0 Å². The van der Waals surface area contributed by atoms with Gasteiger partial charge in [0.25, 0.3) is 0 Å². The van der Waals surface area contributed by atoms with Gasteiger partial charge in [0, 0.05) is 17.1 Å². The average molecular weight is 286 g/mol. The predicted octanol–water partition coefficient (Wildman–Crippen LogP) is 4.28. The van der Waals surface area contributed by atoms with Crippen LogP contribution in [0.4, 0.5) is 0 Å². The number of furan rings is 1. The summed E-state index contributed by atoms with van der Waals surface area (Å²) >= 11 is 6.18. The van der Waals surface area contributed by atoms with E-state index < -0.39 is 0 Å². The molecule has 100 valence electrons. The van der Waals surface area contributed by atoms with Gasteiger partial charge >= 0.3 is 0 Å². The highest BCUT2D eigenvalue weighted by Crippen LogP contribution is 2.32. The maximum atomic E-state index is 11.1. The molecule has 3 rings (SSSR count). The molecule has 0 unspecified atom stereocenters. The summed E-state index contributed by atoms with van der Waals surface area (Å²) in [5, 5.41) is 1.54. The molecular weight excluding hydrogens is 274 g/mol. The smallest absolute Gasteiger partial charge is 0.137 e. The van der Waals surface area contributed by atoms with Crippen molar-refractivity contribution >= 4 is 28.3 Å². The van der Waals surface area contributed by atoms with Gasteiger partial charge in [-0.05, 0) is 43.3 Å². The molecule has 0 aliphatic heterocycles. The molecule has 4 heteroatoms. The molecule has 0 N–H and O–H groups in total. The summed E-state index contributed by atoms with van der Waals surface area (Å²) in [4.78, 5) is 15.5. The zero-order valence-corrected chi connectivity index (χ0v) is 11.6. The zero-order valence-electron chi connectivity index (χ0n) is 10.9. The summed E-state index contributed by atoms with van der Waals surface area (Å²) in [6, 6.07) is 11.2. The Hall–Kier alpha value is -2.13. The Morgan fingerprint density at radius 3 is 2.90 bits per heavy atom. The van der Waals surface area contributed by atoms with Gasteiger partial charge in [0.1, 0.15) is 17.3 Å². The average Bonchev–Trinajstić information content (AvgIpc) is 2.87. The Morgan fingerprint density at radius 2 is 2.10 bits per heavy atom. The van der Waals surface area contributed by atoms with Gasteiger partial charge in [0.2, 0.25) is 0 Å². The van der Waals surface area contributed by atoms with E-state index in [1.54, 1.807) is 13.1 Å². The molecule has 0 radical (unpaired) electrons. The molecule has 0 aliphatic rings. The van der Waals surface area contributed by atoms with E-state index in [0.717, 1.165) is 16.5 Å². The van der Waals surface area contributed by atoms with Gasteiger partial charge in [-0.3, -0.25) is 9.78 Å². The van der Waals surface area contributed by atoms with Crippen LogP contribution in [0.15, 0.2) is 47.0 Å². The van der Waals surface area contributed by atoms with E-state index in [0.29, 0.717) is 23.0 Å².